The molecule has 2 N–H and O–H groups in total. The number of carbonyl (C=O) groups is 1. The molecule has 2 aromatic rings. The number of aromatic carboxylic acids is 1. The van der Waals surface area contributed by atoms with Crippen LogP contribution >= 0.6 is 0 Å². The van der Waals surface area contributed by atoms with Gasteiger partial charge in [0.15, 0.2) is 17.2 Å². The van der Waals surface area contributed by atoms with Crippen LogP contribution < -0.4 is 19.5 Å². The highest BCUT2D eigenvalue weighted by Gasteiger charge is 2.15. The van der Waals surface area contributed by atoms with Crippen molar-refractivity contribution in [3.05, 3.63) is 35.8 Å². The van der Waals surface area contributed by atoms with Gasteiger partial charge in [-0.2, -0.15) is 0 Å². The van der Waals surface area contributed by atoms with E-state index >= 15 is 0 Å². The molecule has 0 atom stereocenters. The minimum atomic E-state index is -1.12. The fraction of sp³-hybridized carbons (Fsp3) is 0.267. The molecule has 1 aromatic carbocycles. The number of aromatic nitrogens is 2. The zero-order valence-electron chi connectivity index (χ0n) is 13.0. The Bertz CT molecular complexity index is 688. The van der Waals surface area contributed by atoms with Crippen LogP contribution in [0.25, 0.3) is 0 Å². The number of carboxylic acid groups (broad SMARTS) is 1. The van der Waals surface area contributed by atoms with E-state index in [0.29, 0.717) is 29.6 Å². The Morgan fingerprint density at radius 2 is 1.83 bits per heavy atom. The predicted octanol–water partition coefficient (Wildman–Crippen LogP) is 1.81. The minimum Gasteiger partial charge on any atom is -0.493 e. The first-order chi connectivity index (χ1) is 11.1. The molecule has 0 amide bonds. The number of rotatable bonds is 7. The van der Waals surface area contributed by atoms with Crippen molar-refractivity contribution >= 4 is 11.8 Å². The summed E-state index contributed by atoms with van der Waals surface area (Å²) in [4.78, 5) is 18.5. The first-order valence-corrected chi connectivity index (χ1v) is 6.67. The SMILES string of the molecule is COc1ccc(CNc2cnc(C(=O)O)cn2)c(OC)c1OC. The fourth-order valence-electron chi connectivity index (χ4n) is 2.02. The number of methoxy groups -OCH3 is 3. The Hall–Kier alpha value is -3.03. The lowest BCUT2D eigenvalue weighted by atomic mass is 10.1. The smallest absolute Gasteiger partial charge is 0.356 e. The van der Waals surface area contributed by atoms with Crippen molar-refractivity contribution in [1.29, 1.82) is 0 Å². The molecule has 8 nitrogen and oxygen atoms in total. The minimum absolute atomic E-state index is 0.112. The highest BCUT2D eigenvalue weighted by atomic mass is 16.5. The summed E-state index contributed by atoms with van der Waals surface area (Å²) in [5, 5.41) is 11.8. The average molecular weight is 319 g/mol. The van der Waals surface area contributed by atoms with E-state index in [1.165, 1.54) is 19.5 Å². The average Bonchev–Trinajstić information content (AvgIpc) is 2.59. The number of anilines is 1. The second kappa shape index (κ2) is 7.30. The molecule has 1 aromatic heterocycles. The maximum atomic E-state index is 10.7. The van der Waals surface area contributed by atoms with E-state index in [9.17, 15) is 4.79 Å². The van der Waals surface area contributed by atoms with Crippen molar-refractivity contribution in [2.75, 3.05) is 26.6 Å². The summed E-state index contributed by atoms with van der Waals surface area (Å²) in [7, 11) is 4.63. The largest absolute Gasteiger partial charge is 0.493 e. The monoisotopic (exact) mass is 319 g/mol. The molecule has 0 fully saturated rings. The summed E-state index contributed by atoms with van der Waals surface area (Å²) in [6.07, 6.45) is 2.55. The summed E-state index contributed by atoms with van der Waals surface area (Å²) in [6, 6.07) is 3.61. The van der Waals surface area contributed by atoms with Crippen molar-refractivity contribution < 1.29 is 24.1 Å². The number of carboxylic acids is 1. The van der Waals surface area contributed by atoms with E-state index in [-0.39, 0.29) is 5.69 Å². The van der Waals surface area contributed by atoms with Gasteiger partial charge in [0.2, 0.25) is 5.75 Å². The van der Waals surface area contributed by atoms with E-state index in [1.807, 2.05) is 6.07 Å². The van der Waals surface area contributed by atoms with Crippen LogP contribution in [0.4, 0.5) is 5.82 Å². The molecule has 0 unspecified atom stereocenters. The van der Waals surface area contributed by atoms with Gasteiger partial charge in [0.05, 0.1) is 33.7 Å². The molecule has 0 aliphatic rings. The van der Waals surface area contributed by atoms with Gasteiger partial charge < -0.3 is 24.6 Å². The Balaban J connectivity index is 2.18. The summed E-state index contributed by atoms with van der Waals surface area (Å²) < 4.78 is 15.9. The Morgan fingerprint density at radius 1 is 1.09 bits per heavy atom. The summed E-state index contributed by atoms with van der Waals surface area (Å²) in [6.45, 7) is 0.393. The second-order valence-electron chi connectivity index (χ2n) is 4.44. The molecule has 0 radical (unpaired) electrons. The van der Waals surface area contributed by atoms with Crippen LogP contribution in [0.15, 0.2) is 24.5 Å². The molecule has 0 saturated carbocycles. The molecule has 0 aliphatic carbocycles. The predicted molar refractivity (Wildman–Crippen MR) is 82.4 cm³/mol. The molecule has 2 rings (SSSR count). The third kappa shape index (κ3) is 3.60. The molecule has 0 aliphatic heterocycles. The topological polar surface area (TPSA) is 103 Å². The molecule has 23 heavy (non-hydrogen) atoms. The molecule has 122 valence electrons. The van der Waals surface area contributed by atoms with Gasteiger partial charge >= 0.3 is 5.97 Å². The maximum Gasteiger partial charge on any atom is 0.356 e. The number of hydrogen-bond acceptors (Lipinski definition) is 7. The van der Waals surface area contributed by atoms with Gasteiger partial charge in [0.25, 0.3) is 0 Å². The van der Waals surface area contributed by atoms with Crippen LogP contribution in [0.5, 0.6) is 17.2 Å². The zero-order valence-corrected chi connectivity index (χ0v) is 13.0. The van der Waals surface area contributed by atoms with Crippen LogP contribution in [0.2, 0.25) is 0 Å². The van der Waals surface area contributed by atoms with E-state index in [1.54, 1.807) is 20.3 Å². The maximum absolute atomic E-state index is 10.7. The van der Waals surface area contributed by atoms with Gasteiger partial charge in [-0.15, -0.1) is 0 Å². The van der Waals surface area contributed by atoms with E-state index in [0.717, 1.165) is 5.56 Å². The Kier molecular flexibility index (Phi) is 5.19. The van der Waals surface area contributed by atoms with E-state index < -0.39 is 5.97 Å². The Labute approximate surface area is 133 Å². The van der Waals surface area contributed by atoms with Crippen molar-refractivity contribution in [2.45, 2.75) is 6.54 Å². The van der Waals surface area contributed by atoms with E-state index in [4.69, 9.17) is 19.3 Å². The molecular weight excluding hydrogens is 302 g/mol. The summed E-state index contributed by atoms with van der Waals surface area (Å²) in [5.41, 5.74) is 0.716. The van der Waals surface area contributed by atoms with Crippen molar-refractivity contribution in [2.24, 2.45) is 0 Å². The van der Waals surface area contributed by atoms with Gasteiger partial charge in [0.1, 0.15) is 5.82 Å². The normalized spacial score (nSPS) is 10.0. The fourth-order valence-corrected chi connectivity index (χ4v) is 2.02. The zero-order chi connectivity index (χ0) is 16.8. The van der Waals surface area contributed by atoms with Crippen LogP contribution in [-0.2, 0) is 6.54 Å². The molecule has 1 heterocycles. The summed E-state index contributed by atoms with van der Waals surface area (Å²) in [5.74, 6) is 0.951. The highest BCUT2D eigenvalue weighted by Crippen LogP contribution is 2.39. The second-order valence-corrected chi connectivity index (χ2v) is 4.44. The third-order valence-electron chi connectivity index (χ3n) is 3.12. The van der Waals surface area contributed by atoms with Crippen LogP contribution in [0.1, 0.15) is 16.1 Å². The van der Waals surface area contributed by atoms with Gasteiger partial charge in [-0.1, -0.05) is 0 Å². The van der Waals surface area contributed by atoms with Gasteiger partial charge in [0, 0.05) is 12.1 Å². The molecule has 8 heteroatoms. The van der Waals surface area contributed by atoms with Gasteiger partial charge in [-0.25, -0.2) is 14.8 Å². The lowest BCUT2D eigenvalue weighted by molar-refractivity contribution is 0.0690. The van der Waals surface area contributed by atoms with Gasteiger partial charge in [-0.05, 0) is 12.1 Å². The van der Waals surface area contributed by atoms with Crippen LogP contribution in [-0.4, -0.2) is 42.4 Å². The van der Waals surface area contributed by atoms with Crippen LogP contribution in [0, 0.1) is 0 Å². The third-order valence-corrected chi connectivity index (χ3v) is 3.12. The Morgan fingerprint density at radius 3 is 2.35 bits per heavy atom. The van der Waals surface area contributed by atoms with E-state index in [2.05, 4.69) is 15.3 Å². The number of nitrogens with zero attached hydrogens (tertiary/aromatic N) is 2. The van der Waals surface area contributed by atoms with Crippen molar-refractivity contribution in [3.63, 3.8) is 0 Å². The lowest BCUT2D eigenvalue weighted by Gasteiger charge is -2.16. The standard InChI is InChI=1S/C15H17N3O5/c1-21-11-5-4-9(13(22-2)14(11)23-3)6-17-12-8-16-10(7-18-12)15(19)20/h4-5,7-8H,6H2,1-3H3,(H,17,18)(H,19,20). The highest BCUT2D eigenvalue weighted by molar-refractivity contribution is 5.84. The first kappa shape index (κ1) is 16.3. The van der Waals surface area contributed by atoms with Crippen LogP contribution in [0.3, 0.4) is 0 Å². The molecule has 0 saturated heterocycles. The molecular formula is C15H17N3O5. The van der Waals surface area contributed by atoms with Gasteiger partial charge in [-0.3, -0.25) is 0 Å². The number of ether oxygens (including phenoxy) is 3. The summed E-state index contributed by atoms with van der Waals surface area (Å²) >= 11 is 0. The number of benzene rings is 1. The molecule has 0 spiro atoms. The van der Waals surface area contributed by atoms with Crippen molar-refractivity contribution in [1.82, 2.24) is 9.97 Å². The lowest BCUT2D eigenvalue weighted by Crippen LogP contribution is -2.07. The quantitative estimate of drug-likeness (QED) is 0.796. The van der Waals surface area contributed by atoms with Crippen molar-refractivity contribution in [3.8, 4) is 17.2 Å². The number of nitrogens with one attached hydrogen (secondary N) is 1. The molecule has 0 bridgehead atoms. The first-order valence-electron chi connectivity index (χ1n) is 6.67. The number of hydrogen-bond donors (Lipinski definition) is 2.